The molecule has 0 unspecified atom stereocenters. The van der Waals surface area contributed by atoms with Crippen molar-refractivity contribution < 1.29 is 9.90 Å². The van der Waals surface area contributed by atoms with E-state index in [1.54, 1.807) is 7.05 Å². The van der Waals surface area contributed by atoms with Crippen molar-refractivity contribution >= 4 is 11.7 Å². The Morgan fingerprint density at radius 3 is 2.55 bits per heavy atom. The maximum atomic E-state index is 10.1. The average Bonchev–Trinajstić information content (AvgIpc) is 1.97. The molecule has 0 fully saturated rings. The van der Waals surface area contributed by atoms with Gasteiger partial charge in [0.2, 0.25) is 0 Å². The molecule has 3 nitrogen and oxygen atoms in total. The fourth-order valence-corrected chi connectivity index (χ4v) is 0.697. The van der Waals surface area contributed by atoms with Gasteiger partial charge in [-0.1, -0.05) is 6.08 Å². The standard InChI is InChI=1S/C8H13NO2/c1-3-4-7(9-2)5-6-8(10)11/h3-4H,5-6H2,1-2H3,(H,10,11). The van der Waals surface area contributed by atoms with E-state index in [9.17, 15) is 4.79 Å². The van der Waals surface area contributed by atoms with Crippen LogP contribution in [0.1, 0.15) is 19.8 Å². The molecule has 3 heteroatoms. The van der Waals surface area contributed by atoms with E-state index >= 15 is 0 Å². The third-order valence-electron chi connectivity index (χ3n) is 1.24. The number of aliphatic imine (C=N–C) groups is 1. The first-order valence-corrected chi connectivity index (χ1v) is 3.51. The van der Waals surface area contributed by atoms with E-state index in [1.165, 1.54) is 0 Å². The average molecular weight is 155 g/mol. The molecule has 0 aliphatic rings. The summed E-state index contributed by atoms with van der Waals surface area (Å²) >= 11 is 0. The zero-order valence-electron chi connectivity index (χ0n) is 6.87. The molecule has 0 rings (SSSR count). The lowest BCUT2D eigenvalue weighted by atomic mass is 10.2. The van der Waals surface area contributed by atoms with Crippen molar-refractivity contribution in [3.05, 3.63) is 12.2 Å². The number of aliphatic carboxylic acids is 1. The highest BCUT2D eigenvalue weighted by atomic mass is 16.4. The predicted molar refractivity (Wildman–Crippen MR) is 45.0 cm³/mol. The van der Waals surface area contributed by atoms with Gasteiger partial charge in [0.05, 0.1) is 6.42 Å². The third kappa shape index (κ3) is 5.33. The molecule has 0 aromatic carbocycles. The summed E-state index contributed by atoms with van der Waals surface area (Å²) in [4.78, 5) is 14.1. The van der Waals surface area contributed by atoms with E-state index in [4.69, 9.17) is 5.11 Å². The van der Waals surface area contributed by atoms with Crippen LogP contribution in [0.5, 0.6) is 0 Å². The molecule has 0 atom stereocenters. The smallest absolute Gasteiger partial charge is 0.303 e. The van der Waals surface area contributed by atoms with Crippen LogP contribution in [-0.2, 0) is 4.79 Å². The quantitative estimate of drug-likeness (QED) is 0.625. The SMILES string of the molecule is CC=CC(CCC(=O)O)=NC. The molecular weight excluding hydrogens is 142 g/mol. The van der Waals surface area contributed by atoms with Crippen LogP contribution >= 0.6 is 0 Å². The van der Waals surface area contributed by atoms with Gasteiger partial charge in [0.25, 0.3) is 0 Å². The summed E-state index contributed by atoms with van der Waals surface area (Å²) in [7, 11) is 1.66. The first-order valence-electron chi connectivity index (χ1n) is 3.51. The Kier molecular flexibility index (Phi) is 5.07. The van der Waals surface area contributed by atoms with Gasteiger partial charge < -0.3 is 5.11 Å². The van der Waals surface area contributed by atoms with Gasteiger partial charge in [0.15, 0.2) is 0 Å². The van der Waals surface area contributed by atoms with E-state index in [2.05, 4.69) is 4.99 Å². The first kappa shape index (κ1) is 9.88. The number of rotatable bonds is 4. The highest BCUT2D eigenvalue weighted by Crippen LogP contribution is 1.94. The van der Waals surface area contributed by atoms with E-state index in [0.717, 1.165) is 5.71 Å². The Labute approximate surface area is 66.5 Å². The highest BCUT2D eigenvalue weighted by molar-refractivity contribution is 5.96. The second-order valence-electron chi connectivity index (χ2n) is 2.11. The van der Waals surface area contributed by atoms with Gasteiger partial charge in [-0.05, 0) is 19.4 Å². The van der Waals surface area contributed by atoms with E-state index < -0.39 is 5.97 Å². The van der Waals surface area contributed by atoms with Crippen molar-refractivity contribution in [2.75, 3.05) is 7.05 Å². The van der Waals surface area contributed by atoms with Crippen molar-refractivity contribution in [2.24, 2.45) is 4.99 Å². The molecule has 0 aliphatic heterocycles. The third-order valence-corrected chi connectivity index (χ3v) is 1.24. The molecule has 1 N–H and O–H groups in total. The number of hydrogen-bond donors (Lipinski definition) is 1. The molecule has 0 spiro atoms. The van der Waals surface area contributed by atoms with E-state index in [1.807, 2.05) is 19.1 Å². The summed E-state index contributed by atoms with van der Waals surface area (Å²) in [6, 6.07) is 0. The van der Waals surface area contributed by atoms with Crippen molar-refractivity contribution in [3.8, 4) is 0 Å². The van der Waals surface area contributed by atoms with Crippen LogP contribution in [0.15, 0.2) is 17.1 Å². The minimum atomic E-state index is -0.782. The highest BCUT2D eigenvalue weighted by Gasteiger charge is 1.98. The second-order valence-corrected chi connectivity index (χ2v) is 2.11. The summed E-state index contributed by atoms with van der Waals surface area (Å²) < 4.78 is 0. The molecular formula is C8H13NO2. The lowest BCUT2D eigenvalue weighted by molar-refractivity contribution is -0.136. The van der Waals surface area contributed by atoms with Crippen LogP contribution in [-0.4, -0.2) is 23.8 Å². The van der Waals surface area contributed by atoms with Gasteiger partial charge in [0.1, 0.15) is 0 Å². The van der Waals surface area contributed by atoms with Gasteiger partial charge in [-0.3, -0.25) is 9.79 Å². The summed E-state index contributed by atoms with van der Waals surface area (Å²) in [5.74, 6) is -0.782. The molecule has 0 aromatic rings. The molecule has 62 valence electrons. The largest absolute Gasteiger partial charge is 0.481 e. The van der Waals surface area contributed by atoms with Crippen LogP contribution in [0.3, 0.4) is 0 Å². The zero-order chi connectivity index (χ0) is 8.69. The van der Waals surface area contributed by atoms with Crippen molar-refractivity contribution in [1.29, 1.82) is 0 Å². The van der Waals surface area contributed by atoms with Crippen molar-refractivity contribution in [3.63, 3.8) is 0 Å². The molecule has 0 bridgehead atoms. The van der Waals surface area contributed by atoms with E-state index in [-0.39, 0.29) is 6.42 Å². The number of nitrogens with zero attached hydrogens (tertiary/aromatic N) is 1. The molecule has 11 heavy (non-hydrogen) atoms. The fraction of sp³-hybridized carbons (Fsp3) is 0.500. The van der Waals surface area contributed by atoms with E-state index in [0.29, 0.717) is 6.42 Å². The Morgan fingerprint density at radius 1 is 1.55 bits per heavy atom. The maximum absolute atomic E-state index is 10.1. The number of hydrogen-bond acceptors (Lipinski definition) is 2. The van der Waals surface area contributed by atoms with Crippen molar-refractivity contribution in [2.45, 2.75) is 19.8 Å². The Balaban J connectivity index is 3.81. The number of carboxylic acids is 1. The molecule has 0 amide bonds. The lowest BCUT2D eigenvalue weighted by Crippen LogP contribution is -2.00. The Morgan fingerprint density at radius 2 is 2.18 bits per heavy atom. The van der Waals surface area contributed by atoms with Gasteiger partial charge in [0, 0.05) is 12.8 Å². The Hall–Kier alpha value is -1.12. The lowest BCUT2D eigenvalue weighted by Gasteiger charge is -1.95. The fourth-order valence-electron chi connectivity index (χ4n) is 0.697. The second kappa shape index (κ2) is 5.65. The van der Waals surface area contributed by atoms with Crippen LogP contribution in [0.25, 0.3) is 0 Å². The normalized spacial score (nSPS) is 12.4. The minimum absolute atomic E-state index is 0.150. The number of allylic oxidation sites excluding steroid dienone is 2. The monoisotopic (exact) mass is 155 g/mol. The van der Waals surface area contributed by atoms with Gasteiger partial charge in [-0.2, -0.15) is 0 Å². The molecule has 0 saturated carbocycles. The number of carboxylic acid groups (broad SMARTS) is 1. The summed E-state index contributed by atoms with van der Waals surface area (Å²) in [5, 5.41) is 8.35. The van der Waals surface area contributed by atoms with Gasteiger partial charge in [-0.15, -0.1) is 0 Å². The first-order chi connectivity index (χ1) is 5.20. The molecule has 0 radical (unpaired) electrons. The van der Waals surface area contributed by atoms with Crippen LogP contribution in [0.2, 0.25) is 0 Å². The van der Waals surface area contributed by atoms with Crippen LogP contribution in [0.4, 0.5) is 0 Å². The topological polar surface area (TPSA) is 49.7 Å². The molecule has 0 aliphatic carbocycles. The summed E-state index contributed by atoms with van der Waals surface area (Å²) in [6.45, 7) is 1.88. The summed E-state index contributed by atoms with van der Waals surface area (Å²) in [6.07, 6.45) is 4.33. The van der Waals surface area contributed by atoms with Crippen molar-refractivity contribution in [1.82, 2.24) is 0 Å². The summed E-state index contributed by atoms with van der Waals surface area (Å²) in [5.41, 5.74) is 0.829. The minimum Gasteiger partial charge on any atom is -0.481 e. The predicted octanol–water partition coefficient (Wildman–Crippen LogP) is 1.50. The van der Waals surface area contributed by atoms with Crippen LogP contribution in [0, 0.1) is 0 Å². The van der Waals surface area contributed by atoms with Crippen LogP contribution < -0.4 is 0 Å². The maximum Gasteiger partial charge on any atom is 0.303 e. The van der Waals surface area contributed by atoms with Gasteiger partial charge >= 0.3 is 5.97 Å². The molecule has 0 heterocycles. The van der Waals surface area contributed by atoms with Gasteiger partial charge in [-0.25, -0.2) is 0 Å². The molecule has 0 saturated heterocycles. The number of carbonyl (C=O) groups is 1. The zero-order valence-corrected chi connectivity index (χ0v) is 6.87. The molecule has 0 aromatic heterocycles. The Bertz CT molecular complexity index is 183.